The summed E-state index contributed by atoms with van der Waals surface area (Å²) in [5.41, 5.74) is 0. The van der Waals surface area contributed by atoms with Crippen molar-refractivity contribution in [2.24, 2.45) is 0 Å². The Morgan fingerprint density at radius 2 is 1.86 bits per heavy atom. The van der Waals surface area contributed by atoms with Gasteiger partial charge >= 0.3 is 88.8 Å². The first-order valence-electron chi connectivity index (χ1n) is 4.25. The van der Waals surface area contributed by atoms with Crippen LogP contribution >= 0.6 is 0 Å². The number of hydrogen-bond acceptors (Lipinski definition) is 4. The Labute approximate surface area is 88.6 Å². The molecule has 0 bridgehead atoms. The van der Waals surface area contributed by atoms with Crippen LogP contribution in [0.1, 0.15) is 0 Å². The van der Waals surface area contributed by atoms with E-state index in [2.05, 4.69) is 24.8 Å². The summed E-state index contributed by atoms with van der Waals surface area (Å²) < 4.78 is 23.4. The van der Waals surface area contributed by atoms with Gasteiger partial charge in [-0.05, 0) is 0 Å². The van der Waals surface area contributed by atoms with Crippen LogP contribution in [0, 0.1) is 0 Å². The van der Waals surface area contributed by atoms with Crippen LogP contribution in [0.5, 0.6) is 0 Å². The monoisotopic (exact) mass is 322 g/mol. The van der Waals surface area contributed by atoms with Gasteiger partial charge in [-0.25, -0.2) is 0 Å². The fourth-order valence-corrected chi connectivity index (χ4v) is 4.58. The molecular weight excluding hydrogens is 307 g/mol. The van der Waals surface area contributed by atoms with Crippen molar-refractivity contribution in [3.63, 3.8) is 0 Å². The Balaban J connectivity index is 3.29. The quantitative estimate of drug-likeness (QED) is 0.585. The number of aromatic nitrogens is 2. The summed E-state index contributed by atoms with van der Waals surface area (Å²) in [4.78, 5) is 14.4. The van der Waals surface area contributed by atoms with Crippen molar-refractivity contribution < 1.29 is 8.42 Å². The van der Waals surface area contributed by atoms with Crippen LogP contribution in [0.3, 0.4) is 0 Å². The normalized spacial score (nSPS) is 12.9. The number of sulfone groups is 1. The van der Waals surface area contributed by atoms with E-state index in [0.29, 0.717) is 0 Å². The molecule has 0 aliphatic rings. The molecule has 1 aromatic heterocycles. The van der Waals surface area contributed by atoms with Crippen LogP contribution in [0.15, 0.2) is 17.4 Å². The summed E-state index contributed by atoms with van der Waals surface area (Å²) in [6.45, 7) is 0. The predicted octanol–water partition coefficient (Wildman–Crippen LogP) is 0.425. The van der Waals surface area contributed by atoms with Crippen molar-refractivity contribution >= 4 is 31.9 Å². The Bertz CT molecular complexity index is 437. The molecule has 4 nitrogen and oxygen atoms in total. The Morgan fingerprint density at radius 3 is 2.29 bits per heavy atom. The first kappa shape index (κ1) is 11.9. The maximum atomic E-state index is 11.2. The number of rotatable bonds is 2. The summed E-state index contributed by atoms with van der Waals surface area (Å²) >= 11 is -2.27. The third-order valence-corrected chi connectivity index (χ3v) is 7.77. The minimum absolute atomic E-state index is 0.0541. The Kier molecular flexibility index (Phi) is 3.20. The molecule has 0 amide bonds. The molecule has 14 heavy (non-hydrogen) atoms. The zero-order valence-electron chi connectivity index (χ0n) is 8.77. The topological polar surface area (TPSA) is 59.9 Å². The first-order valence-corrected chi connectivity index (χ1v) is 16.1. The molecule has 78 valence electrons. The van der Waals surface area contributed by atoms with Gasteiger partial charge < -0.3 is 0 Å². The summed E-state index contributed by atoms with van der Waals surface area (Å²) in [5.74, 6) is 0. The third-order valence-electron chi connectivity index (χ3n) is 1.73. The molecule has 0 radical (unpaired) electrons. The van der Waals surface area contributed by atoms with Crippen LogP contribution in [0.4, 0.5) is 0 Å². The fourth-order valence-electron chi connectivity index (χ4n) is 0.937. The van der Waals surface area contributed by atoms with E-state index < -0.39 is 28.2 Å². The average molecular weight is 321 g/mol. The van der Waals surface area contributed by atoms with Gasteiger partial charge in [0.2, 0.25) is 0 Å². The minimum atomic E-state index is -3.27. The molecule has 0 fully saturated rings. The fraction of sp³-hybridized carbons (Fsp3) is 0.500. The standard InChI is InChI=1S/C5H5N2O2S.3CH3.Sn/c1-10(8,9)5-6-3-2-4-7-5;;;;/h2-3H,1H3;3*1H3;. The zero-order chi connectivity index (χ0) is 11.0. The van der Waals surface area contributed by atoms with Gasteiger partial charge in [-0.1, -0.05) is 0 Å². The van der Waals surface area contributed by atoms with Crippen molar-refractivity contribution in [3.8, 4) is 0 Å². The van der Waals surface area contributed by atoms with Gasteiger partial charge in [0.25, 0.3) is 0 Å². The van der Waals surface area contributed by atoms with Crippen LogP contribution in [-0.2, 0) is 9.84 Å². The molecular formula is C8H14N2O2SSn. The van der Waals surface area contributed by atoms with E-state index in [0.717, 1.165) is 9.97 Å². The van der Waals surface area contributed by atoms with Gasteiger partial charge in [0, 0.05) is 0 Å². The SMILES string of the molecule is CS(=O)(=O)c1ncc[c]([Sn]([CH3])([CH3])[CH3])n1. The second-order valence-electron chi connectivity index (χ2n) is 4.25. The Morgan fingerprint density at radius 1 is 1.29 bits per heavy atom. The second-order valence-corrected chi connectivity index (χ2v) is 20.5. The van der Waals surface area contributed by atoms with Gasteiger partial charge in [-0.15, -0.1) is 0 Å². The van der Waals surface area contributed by atoms with Gasteiger partial charge in [0.05, 0.1) is 0 Å². The van der Waals surface area contributed by atoms with Crippen molar-refractivity contribution in [2.75, 3.05) is 6.26 Å². The molecule has 1 heterocycles. The number of hydrogen-bond donors (Lipinski definition) is 0. The van der Waals surface area contributed by atoms with Crippen molar-refractivity contribution in [3.05, 3.63) is 12.3 Å². The molecule has 1 rings (SSSR count). The van der Waals surface area contributed by atoms with Gasteiger partial charge in [0.15, 0.2) is 0 Å². The Hall–Kier alpha value is -0.171. The summed E-state index contributed by atoms with van der Waals surface area (Å²) in [7, 11) is -3.27. The van der Waals surface area contributed by atoms with E-state index in [-0.39, 0.29) is 5.16 Å². The predicted molar refractivity (Wildman–Crippen MR) is 58.1 cm³/mol. The van der Waals surface area contributed by atoms with E-state index in [1.165, 1.54) is 6.20 Å². The molecule has 0 saturated carbocycles. The van der Waals surface area contributed by atoms with Crippen LogP contribution < -0.4 is 3.71 Å². The molecule has 0 aromatic carbocycles. The van der Waals surface area contributed by atoms with Crippen molar-refractivity contribution in [1.82, 2.24) is 9.97 Å². The molecule has 0 atom stereocenters. The average Bonchev–Trinajstić information content (AvgIpc) is 2.01. The van der Waals surface area contributed by atoms with Crippen LogP contribution in [-0.4, -0.2) is 43.0 Å². The van der Waals surface area contributed by atoms with Crippen molar-refractivity contribution in [2.45, 2.75) is 20.0 Å². The molecule has 1 aromatic rings. The van der Waals surface area contributed by atoms with Crippen LogP contribution in [0.25, 0.3) is 0 Å². The number of nitrogens with zero attached hydrogens (tertiary/aromatic N) is 2. The first-order chi connectivity index (χ1) is 6.21. The summed E-state index contributed by atoms with van der Waals surface area (Å²) in [6, 6.07) is 1.82. The van der Waals surface area contributed by atoms with Crippen LogP contribution in [0.2, 0.25) is 14.8 Å². The zero-order valence-corrected chi connectivity index (χ0v) is 12.4. The van der Waals surface area contributed by atoms with Crippen molar-refractivity contribution in [1.29, 1.82) is 0 Å². The molecule has 0 saturated heterocycles. The van der Waals surface area contributed by atoms with E-state index in [1.54, 1.807) is 0 Å². The molecule has 0 N–H and O–H groups in total. The molecule has 0 unspecified atom stereocenters. The van der Waals surface area contributed by atoms with Gasteiger partial charge in [-0.3, -0.25) is 0 Å². The summed E-state index contributed by atoms with van der Waals surface area (Å²) in [5, 5.41) is -0.0541. The third kappa shape index (κ3) is 2.91. The van der Waals surface area contributed by atoms with E-state index in [4.69, 9.17) is 0 Å². The van der Waals surface area contributed by atoms with Gasteiger partial charge in [0.1, 0.15) is 0 Å². The second kappa shape index (κ2) is 3.77. The molecule has 6 heteroatoms. The molecule has 0 aliphatic heterocycles. The van der Waals surface area contributed by atoms with Gasteiger partial charge in [-0.2, -0.15) is 0 Å². The maximum absolute atomic E-state index is 11.2. The van der Waals surface area contributed by atoms with E-state index in [9.17, 15) is 8.42 Å². The molecule has 0 aliphatic carbocycles. The van der Waals surface area contributed by atoms with E-state index in [1.807, 2.05) is 6.07 Å². The molecule has 0 spiro atoms. The summed E-state index contributed by atoms with van der Waals surface area (Å²) in [6.07, 6.45) is 2.66. The van der Waals surface area contributed by atoms with E-state index >= 15 is 0 Å².